The first-order valence-electron chi connectivity index (χ1n) is 4.23. The van der Waals surface area contributed by atoms with Gasteiger partial charge in [-0.1, -0.05) is 20.8 Å². The first-order valence-corrected chi connectivity index (χ1v) is 4.23. The molecule has 0 radical (unpaired) electrons. The van der Waals surface area contributed by atoms with Crippen molar-refractivity contribution in [1.29, 1.82) is 0 Å². The molecule has 0 spiro atoms. The van der Waals surface area contributed by atoms with E-state index in [1.54, 1.807) is 0 Å². The Morgan fingerprint density at radius 1 is 1.36 bits per heavy atom. The van der Waals surface area contributed by atoms with Crippen LogP contribution in [0, 0.1) is 0 Å². The van der Waals surface area contributed by atoms with Crippen LogP contribution in [0.3, 0.4) is 0 Å². The van der Waals surface area contributed by atoms with E-state index >= 15 is 0 Å². The normalized spacial score (nSPS) is 12.1. The average molecular weight is 201 g/mol. The molecule has 5 heteroatoms. The molecule has 0 saturated carbocycles. The monoisotopic (exact) mass is 201 g/mol. The number of halogens is 2. The van der Waals surface area contributed by atoms with Gasteiger partial charge in [0.15, 0.2) is 0 Å². The minimum absolute atomic E-state index is 0.0620. The number of nitrogens with two attached hydrogens (primary N) is 1. The highest BCUT2D eigenvalue weighted by Crippen LogP contribution is 2.25. The molecule has 1 heterocycles. The van der Waals surface area contributed by atoms with E-state index in [1.807, 2.05) is 20.8 Å². The molecule has 0 aliphatic rings. The minimum Gasteiger partial charge on any atom is -0.396 e. The van der Waals surface area contributed by atoms with Crippen LogP contribution in [0.15, 0.2) is 6.20 Å². The summed E-state index contributed by atoms with van der Waals surface area (Å²) < 4.78 is 24.9. The van der Waals surface area contributed by atoms with E-state index in [-0.39, 0.29) is 16.8 Å². The van der Waals surface area contributed by atoms with Gasteiger partial charge in [0.05, 0.1) is 11.9 Å². The summed E-state index contributed by atoms with van der Waals surface area (Å²) in [5.74, 6) is 0.377. The Balaban J connectivity index is 3.20. The fourth-order valence-corrected chi connectivity index (χ4v) is 0.940. The van der Waals surface area contributed by atoms with Gasteiger partial charge in [0.1, 0.15) is 11.5 Å². The van der Waals surface area contributed by atoms with Gasteiger partial charge in [0.2, 0.25) is 0 Å². The second-order valence-electron chi connectivity index (χ2n) is 4.08. The van der Waals surface area contributed by atoms with Crippen molar-refractivity contribution in [2.75, 3.05) is 5.73 Å². The molecule has 0 saturated heterocycles. The number of alkyl halides is 2. The minimum atomic E-state index is -2.65. The largest absolute Gasteiger partial charge is 0.396 e. The Hall–Kier alpha value is -1.26. The summed E-state index contributed by atoms with van der Waals surface area (Å²) in [6, 6.07) is 0. The van der Waals surface area contributed by atoms with E-state index in [0.29, 0.717) is 5.82 Å². The zero-order chi connectivity index (χ0) is 10.9. The average Bonchev–Trinajstić information content (AvgIpc) is 2.02. The van der Waals surface area contributed by atoms with Gasteiger partial charge in [-0.25, -0.2) is 18.7 Å². The highest BCUT2D eigenvalue weighted by molar-refractivity contribution is 5.41. The number of nitrogen functional groups attached to an aromatic ring is 1. The highest BCUT2D eigenvalue weighted by atomic mass is 19.3. The number of nitrogens with zero attached hydrogens (tertiary/aromatic N) is 2. The quantitative estimate of drug-likeness (QED) is 0.758. The second-order valence-corrected chi connectivity index (χ2v) is 4.08. The molecule has 14 heavy (non-hydrogen) atoms. The molecule has 1 aromatic heterocycles. The van der Waals surface area contributed by atoms with Crippen molar-refractivity contribution < 1.29 is 8.78 Å². The zero-order valence-electron chi connectivity index (χ0n) is 8.38. The molecule has 0 bridgehead atoms. The van der Waals surface area contributed by atoms with Crippen molar-refractivity contribution in [2.24, 2.45) is 0 Å². The van der Waals surface area contributed by atoms with Gasteiger partial charge in [0, 0.05) is 5.41 Å². The number of hydrogen-bond donors (Lipinski definition) is 1. The maximum atomic E-state index is 12.4. The Labute approximate surface area is 81.4 Å². The van der Waals surface area contributed by atoms with Gasteiger partial charge >= 0.3 is 0 Å². The fourth-order valence-electron chi connectivity index (χ4n) is 0.940. The molecule has 2 N–H and O–H groups in total. The van der Waals surface area contributed by atoms with Gasteiger partial charge in [-0.3, -0.25) is 0 Å². The molecule has 0 atom stereocenters. The third-order valence-electron chi connectivity index (χ3n) is 1.73. The van der Waals surface area contributed by atoms with Crippen molar-refractivity contribution in [3.63, 3.8) is 0 Å². The summed E-state index contributed by atoms with van der Waals surface area (Å²) >= 11 is 0. The van der Waals surface area contributed by atoms with Crippen LogP contribution in [-0.4, -0.2) is 9.97 Å². The lowest BCUT2D eigenvalue weighted by atomic mass is 9.95. The molecular formula is C9H13F2N3. The number of aromatic nitrogens is 2. The maximum Gasteiger partial charge on any atom is 0.282 e. The van der Waals surface area contributed by atoms with Crippen LogP contribution < -0.4 is 5.73 Å². The van der Waals surface area contributed by atoms with Gasteiger partial charge in [0.25, 0.3) is 6.43 Å². The number of anilines is 1. The Kier molecular flexibility index (Phi) is 2.69. The van der Waals surface area contributed by atoms with Gasteiger partial charge in [-0.15, -0.1) is 0 Å². The molecule has 78 valence electrons. The Morgan fingerprint density at radius 2 is 1.93 bits per heavy atom. The third kappa shape index (κ3) is 2.16. The summed E-state index contributed by atoms with van der Waals surface area (Å²) in [6.45, 7) is 5.56. The molecule has 0 aliphatic heterocycles. The predicted octanol–water partition coefficient (Wildman–Crippen LogP) is 2.29. The molecule has 0 aliphatic carbocycles. The molecule has 3 nitrogen and oxygen atoms in total. The van der Waals surface area contributed by atoms with E-state index in [0.717, 1.165) is 0 Å². The topological polar surface area (TPSA) is 51.8 Å². The first kappa shape index (κ1) is 10.8. The van der Waals surface area contributed by atoms with Gasteiger partial charge < -0.3 is 5.73 Å². The Bertz CT molecular complexity index is 331. The highest BCUT2D eigenvalue weighted by Gasteiger charge is 2.21. The SMILES string of the molecule is CC(C)(C)c1ncc(N)c(C(F)F)n1. The lowest BCUT2D eigenvalue weighted by Crippen LogP contribution is -2.17. The predicted molar refractivity (Wildman–Crippen MR) is 50.1 cm³/mol. The summed E-state index contributed by atoms with van der Waals surface area (Å²) in [5, 5.41) is 0. The molecule has 0 unspecified atom stereocenters. The van der Waals surface area contributed by atoms with Crippen LogP contribution in [0.2, 0.25) is 0 Å². The first-order chi connectivity index (χ1) is 6.32. The lowest BCUT2D eigenvalue weighted by Gasteiger charge is -2.17. The van der Waals surface area contributed by atoms with Crippen molar-refractivity contribution in [1.82, 2.24) is 9.97 Å². The summed E-state index contributed by atoms with van der Waals surface area (Å²) in [5.41, 5.74) is 4.53. The fraction of sp³-hybridized carbons (Fsp3) is 0.556. The standard InChI is InChI=1S/C9H13F2N3/c1-9(2,3)8-13-4-5(12)6(14-8)7(10)11/h4,7H,12H2,1-3H3. The third-order valence-corrected chi connectivity index (χ3v) is 1.73. The number of rotatable bonds is 1. The molecule has 1 aromatic rings. The Morgan fingerprint density at radius 3 is 2.36 bits per heavy atom. The molecule has 1 rings (SSSR count). The molecule has 0 fully saturated rings. The summed E-state index contributed by atoms with van der Waals surface area (Å²) in [4.78, 5) is 7.68. The van der Waals surface area contributed by atoms with Crippen molar-refractivity contribution >= 4 is 5.69 Å². The van der Waals surface area contributed by atoms with Crippen molar-refractivity contribution in [3.05, 3.63) is 17.7 Å². The van der Waals surface area contributed by atoms with Crippen LogP contribution in [0.5, 0.6) is 0 Å². The van der Waals surface area contributed by atoms with Crippen LogP contribution in [0.25, 0.3) is 0 Å². The van der Waals surface area contributed by atoms with E-state index < -0.39 is 6.43 Å². The second kappa shape index (κ2) is 3.48. The van der Waals surface area contributed by atoms with E-state index in [2.05, 4.69) is 9.97 Å². The van der Waals surface area contributed by atoms with Crippen LogP contribution in [-0.2, 0) is 5.41 Å². The van der Waals surface area contributed by atoms with Crippen molar-refractivity contribution in [3.8, 4) is 0 Å². The van der Waals surface area contributed by atoms with E-state index in [9.17, 15) is 8.78 Å². The number of hydrogen-bond acceptors (Lipinski definition) is 3. The van der Waals surface area contributed by atoms with Crippen LogP contribution in [0.4, 0.5) is 14.5 Å². The molecule has 0 aromatic carbocycles. The smallest absolute Gasteiger partial charge is 0.282 e. The molecule has 0 amide bonds. The van der Waals surface area contributed by atoms with Gasteiger partial charge in [-0.2, -0.15) is 0 Å². The van der Waals surface area contributed by atoms with E-state index in [4.69, 9.17) is 5.73 Å². The molecular weight excluding hydrogens is 188 g/mol. The van der Waals surface area contributed by atoms with E-state index in [1.165, 1.54) is 6.20 Å². The lowest BCUT2D eigenvalue weighted by molar-refractivity contribution is 0.146. The van der Waals surface area contributed by atoms with Crippen molar-refractivity contribution in [2.45, 2.75) is 32.6 Å². The maximum absolute atomic E-state index is 12.4. The zero-order valence-corrected chi connectivity index (χ0v) is 8.38. The summed E-state index contributed by atoms with van der Waals surface area (Å²) in [7, 11) is 0. The van der Waals surface area contributed by atoms with Gasteiger partial charge in [-0.05, 0) is 0 Å². The summed E-state index contributed by atoms with van der Waals surface area (Å²) in [6.07, 6.45) is -1.42. The van der Waals surface area contributed by atoms with Crippen LogP contribution >= 0.6 is 0 Å². The van der Waals surface area contributed by atoms with Crippen LogP contribution in [0.1, 0.15) is 38.7 Å².